The van der Waals surface area contributed by atoms with E-state index in [1.807, 2.05) is 33.8 Å². The zero-order valence-electron chi connectivity index (χ0n) is 15.2. The van der Waals surface area contributed by atoms with Crippen molar-refractivity contribution < 1.29 is 19.1 Å². The second-order valence-corrected chi connectivity index (χ2v) is 7.41. The van der Waals surface area contributed by atoms with Gasteiger partial charge in [-0.15, -0.1) is 0 Å². The first-order valence-electron chi connectivity index (χ1n) is 8.36. The molecule has 0 aromatic heterocycles. The van der Waals surface area contributed by atoms with Crippen molar-refractivity contribution in [1.29, 1.82) is 0 Å². The van der Waals surface area contributed by atoms with Crippen LogP contribution in [0.15, 0.2) is 18.2 Å². The van der Waals surface area contributed by atoms with Crippen LogP contribution in [0.1, 0.15) is 44.7 Å². The van der Waals surface area contributed by atoms with E-state index in [-0.39, 0.29) is 18.0 Å². The first-order valence-corrected chi connectivity index (χ1v) is 8.36. The molecule has 0 saturated heterocycles. The summed E-state index contributed by atoms with van der Waals surface area (Å²) in [6.07, 6.45) is 1.58. The van der Waals surface area contributed by atoms with E-state index in [4.69, 9.17) is 9.47 Å². The molecule has 5 heteroatoms. The number of nitrogens with zero attached hydrogens (tertiary/aromatic N) is 1. The largest absolute Gasteiger partial charge is 0.469 e. The number of hydrogen-bond acceptors (Lipinski definition) is 4. The molecule has 0 radical (unpaired) electrons. The Morgan fingerprint density at radius 3 is 2.62 bits per heavy atom. The molecule has 0 spiro atoms. The molecule has 0 fully saturated rings. The van der Waals surface area contributed by atoms with Crippen LogP contribution in [0.4, 0.5) is 10.5 Å². The van der Waals surface area contributed by atoms with E-state index >= 15 is 0 Å². The van der Waals surface area contributed by atoms with Gasteiger partial charge in [-0.2, -0.15) is 0 Å². The lowest BCUT2D eigenvalue weighted by molar-refractivity contribution is -0.140. The maximum atomic E-state index is 12.6. The van der Waals surface area contributed by atoms with E-state index in [1.54, 1.807) is 4.90 Å². The van der Waals surface area contributed by atoms with Gasteiger partial charge in [0.1, 0.15) is 5.60 Å². The Balaban J connectivity index is 2.22. The number of rotatable bonds is 3. The van der Waals surface area contributed by atoms with E-state index in [0.717, 1.165) is 23.2 Å². The number of fused-ring (bicyclic) bond motifs is 1. The minimum atomic E-state index is -0.542. The lowest BCUT2D eigenvalue weighted by Crippen LogP contribution is -2.43. The van der Waals surface area contributed by atoms with Crippen molar-refractivity contribution in [3.8, 4) is 0 Å². The summed E-state index contributed by atoms with van der Waals surface area (Å²) in [5.74, 6) is 0.000320. The molecule has 132 valence electrons. The van der Waals surface area contributed by atoms with Crippen molar-refractivity contribution in [2.75, 3.05) is 18.6 Å². The highest BCUT2D eigenvalue weighted by atomic mass is 16.6. The maximum absolute atomic E-state index is 12.6. The molecule has 1 aliphatic heterocycles. The van der Waals surface area contributed by atoms with Gasteiger partial charge in [0.05, 0.1) is 12.8 Å². The number of carbonyl (C=O) groups is 2. The quantitative estimate of drug-likeness (QED) is 0.788. The van der Waals surface area contributed by atoms with Gasteiger partial charge in [0.15, 0.2) is 0 Å². The number of methoxy groups -OCH3 is 1. The highest BCUT2D eigenvalue weighted by Crippen LogP contribution is 2.33. The predicted molar refractivity (Wildman–Crippen MR) is 93.2 cm³/mol. The van der Waals surface area contributed by atoms with Crippen LogP contribution in [0.25, 0.3) is 0 Å². The van der Waals surface area contributed by atoms with Crippen LogP contribution >= 0.6 is 0 Å². The standard InChI is InChI=1S/C19H27NO4/c1-13-6-8-15-11-14(7-9-17(21)23-5)12-20(16(15)10-13)18(22)24-19(2,3)4/h6,8,10,14H,7,9,11-12H2,1-5H3/t14-/m1/s1. The van der Waals surface area contributed by atoms with E-state index in [0.29, 0.717) is 19.4 Å². The molecule has 1 amide bonds. The van der Waals surface area contributed by atoms with Crippen molar-refractivity contribution in [3.05, 3.63) is 29.3 Å². The minimum Gasteiger partial charge on any atom is -0.469 e. The van der Waals surface area contributed by atoms with Gasteiger partial charge in [0.25, 0.3) is 0 Å². The fraction of sp³-hybridized carbons (Fsp3) is 0.579. The molecule has 1 heterocycles. The number of esters is 1. The Morgan fingerprint density at radius 1 is 1.29 bits per heavy atom. The molecule has 0 unspecified atom stereocenters. The van der Waals surface area contributed by atoms with Gasteiger partial charge in [-0.1, -0.05) is 12.1 Å². The van der Waals surface area contributed by atoms with Crippen LogP contribution in [0.3, 0.4) is 0 Å². The summed E-state index contributed by atoms with van der Waals surface area (Å²) in [5, 5.41) is 0. The molecular formula is C19H27NO4. The topological polar surface area (TPSA) is 55.8 Å². The molecule has 1 aromatic carbocycles. The third-order valence-corrected chi connectivity index (χ3v) is 4.08. The molecule has 24 heavy (non-hydrogen) atoms. The number of benzene rings is 1. The van der Waals surface area contributed by atoms with E-state index in [1.165, 1.54) is 7.11 Å². The minimum absolute atomic E-state index is 0.214. The molecule has 0 N–H and O–H groups in total. The highest BCUT2D eigenvalue weighted by molar-refractivity contribution is 5.89. The normalized spacial score (nSPS) is 17.2. The van der Waals surface area contributed by atoms with Crippen molar-refractivity contribution >= 4 is 17.7 Å². The van der Waals surface area contributed by atoms with Crippen molar-refractivity contribution in [1.82, 2.24) is 0 Å². The van der Waals surface area contributed by atoms with E-state index in [9.17, 15) is 9.59 Å². The summed E-state index contributed by atoms with van der Waals surface area (Å²) < 4.78 is 10.3. The fourth-order valence-electron chi connectivity index (χ4n) is 2.94. The lowest BCUT2D eigenvalue weighted by atomic mass is 9.89. The molecule has 1 aromatic rings. The number of amides is 1. The first-order chi connectivity index (χ1) is 11.2. The second kappa shape index (κ2) is 7.24. The van der Waals surface area contributed by atoms with E-state index < -0.39 is 5.60 Å². The maximum Gasteiger partial charge on any atom is 0.414 e. The van der Waals surface area contributed by atoms with Crippen LogP contribution in [0.2, 0.25) is 0 Å². The summed E-state index contributed by atoms with van der Waals surface area (Å²) in [6.45, 7) is 8.15. The van der Waals surface area contributed by atoms with Crippen molar-refractivity contribution in [2.24, 2.45) is 5.92 Å². The lowest BCUT2D eigenvalue weighted by Gasteiger charge is -2.36. The SMILES string of the molecule is COC(=O)CC[C@@H]1Cc2ccc(C)cc2N(C(=O)OC(C)(C)C)C1. The summed E-state index contributed by atoms with van der Waals surface area (Å²) in [6, 6.07) is 6.14. The number of anilines is 1. The zero-order valence-corrected chi connectivity index (χ0v) is 15.2. The fourth-order valence-corrected chi connectivity index (χ4v) is 2.94. The number of ether oxygens (including phenoxy) is 2. The number of aryl methyl sites for hydroxylation is 1. The van der Waals surface area contributed by atoms with Crippen LogP contribution in [0, 0.1) is 12.8 Å². The molecule has 0 bridgehead atoms. The van der Waals surface area contributed by atoms with Gasteiger partial charge in [0, 0.05) is 13.0 Å². The molecular weight excluding hydrogens is 306 g/mol. The predicted octanol–water partition coefficient (Wildman–Crippen LogP) is 3.86. The van der Waals surface area contributed by atoms with Crippen LogP contribution in [-0.2, 0) is 20.7 Å². The second-order valence-electron chi connectivity index (χ2n) is 7.41. The Labute approximate surface area is 143 Å². The van der Waals surface area contributed by atoms with Crippen LogP contribution < -0.4 is 4.90 Å². The zero-order chi connectivity index (χ0) is 17.9. The van der Waals surface area contributed by atoms with Crippen LogP contribution in [-0.4, -0.2) is 31.3 Å². The Bertz CT molecular complexity index is 618. The van der Waals surface area contributed by atoms with Gasteiger partial charge in [-0.05, 0) is 63.6 Å². The molecule has 0 aliphatic carbocycles. The van der Waals surface area contributed by atoms with Crippen LogP contribution in [0.5, 0.6) is 0 Å². The van der Waals surface area contributed by atoms with Crippen molar-refractivity contribution in [2.45, 2.75) is 52.6 Å². The first kappa shape index (κ1) is 18.3. The van der Waals surface area contributed by atoms with Gasteiger partial charge < -0.3 is 9.47 Å². The van der Waals surface area contributed by atoms with Gasteiger partial charge in [-0.3, -0.25) is 9.69 Å². The Hall–Kier alpha value is -2.04. The molecule has 1 atom stereocenters. The third-order valence-electron chi connectivity index (χ3n) is 4.08. The summed E-state index contributed by atoms with van der Waals surface area (Å²) in [5.41, 5.74) is 2.60. The monoisotopic (exact) mass is 333 g/mol. The van der Waals surface area contributed by atoms with Gasteiger partial charge in [0.2, 0.25) is 0 Å². The third kappa shape index (κ3) is 4.73. The van der Waals surface area contributed by atoms with Crippen molar-refractivity contribution in [3.63, 3.8) is 0 Å². The Kier molecular flexibility index (Phi) is 5.52. The molecule has 5 nitrogen and oxygen atoms in total. The molecule has 2 rings (SSSR count). The Morgan fingerprint density at radius 2 is 2.00 bits per heavy atom. The summed E-state index contributed by atoms with van der Waals surface area (Å²) in [4.78, 5) is 25.8. The van der Waals surface area contributed by atoms with Gasteiger partial charge >= 0.3 is 12.1 Å². The molecule has 0 saturated carbocycles. The van der Waals surface area contributed by atoms with E-state index in [2.05, 4.69) is 12.1 Å². The summed E-state index contributed by atoms with van der Waals surface area (Å²) in [7, 11) is 1.40. The number of carbonyl (C=O) groups excluding carboxylic acids is 2. The number of hydrogen-bond donors (Lipinski definition) is 0. The summed E-state index contributed by atoms with van der Waals surface area (Å²) >= 11 is 0. The average molecular weight is 333 g/mol. The highest BCUT2D eigenvalue weighted by Gasteiger charge is 2.31. The molecule has 1 aliphatic rings. The van der Waals surface area contributed by atoms with Gasteiger partial charge in [-0.25, -0.2) is 4.79 Å². The average Bonchev–Trinajstić information content (AvgIpc) is 2.50. The smallest absolute Gasteiger partial charge is 0.414 e.